The summed E-state index contributed by atoms with van der Waals surface area (Å²) in [5.74, 6) is -0.0893. The van der Waals surface area contributed by atoms with E-state index in [2.05, 4.69) is 31.2 Å². The van der Waals surface area contributed by atoms with Crippen LogP contribution in [0.3, 0.4) is 0 Å². The largest absolute Gasteiger partial charge is 0.399 e. The van der Waals surface area contributed by atoms with E-state index in [0.717, 1.165) is 12.0 Å². The van der Waals surface area contributed by atoms with Gasteiger partial charge < -0.3 is 16.4 Å². The molecule has 2 aromatic carbocycles. The Bertz CT molecular complexity index is 615. The van der Waals surface area contributed by atoms with Crippen molar-refractivity contribution in [2.75, 3.05) is 18.5 Å². The zero-order valence-corrected chi connectivity index (χ0v) is 12.5. The highest BCUT2D eigenvalue weighted by Gasteiger charge is 2.13. The van der Waals surface area contributed by atoms with Gasteiger partial charge in [0.05, 0.1) is 0 Å². The second kappa shape index (κ2) is 6.31. The molecular weight excluding hydrogens is 262 g/mol. The molecule has 110 valence electrons. The van der Waals surface area contributed by atoms with Gasteiger partial charge in [0, 0.05) is 30.5 Å². The van der Waals surface area contributed by atoms with Crippen molar-refractivity contribution in [1.29, 1.82) is 0 Å². The summed E-state index contributed by atoms with van der Waals surface area (Å²) in [6.45, 7) is 2.67. The maximum absolute atomic E-state index is 12.4. The van der Waals surface area contributed by atoms with E-state index in [0.29, 0.717) is 23.5 Å². The molecule has 0 aliphatic heterocycles. The molecule has 0 aliphatic rings. The number of nitrogen functional groups attached to an aromatic ring is 2. The first-order chi connectivity index (χ1) is 9.99. The van der Waals surface area contributed by atoms with E-state index >= 15 is 0 Å². The Morgan fingerprint density at radius 1 is 1.00 bits per heavy atom. The SMILES string of the molecule is CCc1ccc(CN(C)C(=O)c2cc(N)cc(N)c2)cc1. The lowest BCUT2D eigenvalue weighted by molar-refractivity contribution is 0.0785. The number of aryl methyl sites for hydroxylation is 1. The van der Waals surface area contributed by atoms with E-state index in [4.69, 9.17) is 11.5 Å². The first-order valence-corrected chi connectivity index (χ1v) is 6.99. The summed E-state index contributed by atoms with van der Waals surface area (Å²) in [5, 5.41) is 0. The van der Waals surface area contributed by atoms with Gasteiger partial charge in [0.1, 0.15) is 0 Å². The summed E-state index contributed by atoms with van der Waals surface area (Å²) in [4.78, 5) is 14.1. The Morgan fingerprint density at radius 3 is 2.05 bits per heavy atom. The van der Waals surface area contributed by atoms with Crippen molar-refractivity contribution >= 4 is 17.3 Å². The van der Waals surface area contributed by atoms with Crippen molar-refractivity contribution in [3.05, 3.63) is 59.2 Å². The van der Waals surface area contributed by atoms with E-state index < -0.39 is 0 Å². The molecular formula is C17H21N3O. The molecule has 0 spiro atoms. The second-order valence-electron chi connectivity index (χ2n) is 5.22. The summed E-state index contributed by atoms with van der Waals surface area (Å²) < 4.78 is 0. The van der Waals surface area contributed by atoms with Crippen LogP contribution in [0.2, 0.25) is 0 Å². The van der Waals surface area contributed by atoms with Gasteiger partial charge in [-0.15, -0.1) is 0 Å². The van der Waals surface area contributed by atoms with Crippen molar-refractivity contribution in [3.8, 4) is 0 Å². The molecule has 2 rings (SSSR count). The van der Waals surface area contributed by atoms with Crippen LogP contribution in [-0.2, 0) is 13.0 Å². The lowest BCUT2D eigenvalue weighted by Crippen LogP contribution is -2.26. The molecule has 1 amide bonds. The summed E-state index contributed by atoms with van der Waals surface area (Å²) in [6.07, 6.45) is 1.01. The molecule has 0 bridgehead atoms. The fourth-order valence-corrected chi connectivity index (χ4v) is 2.25. The molecule has 2 aromatic rings. The van der Waals surface area contributed by atoms with Gasteiger partial charge in [0.15, 0.2) is 0 Å². The molecule has 4 heteroatoms. The van der Waals surface area contributed by atoms with Crippen LogP contribution >= 0.6 is 0 Å². The van der Waals surface area contributed by atoms with E-state index in [1.165, 1.54) is 5.56 Å². The minimum absolute atomic E-state index is 0.0893. The number of hydrogen-bond acceptors (Lipinski definition) is 3. The van der Waals surface area contributed by atoms with Crippen molar-refractivity contribution < 1.29 is 4.79 Å². The van der Waals surface area contributed by atoms with Gasteiger partial charge in [-0.25, -0.2) is 0 Å². The topological polar surface area (TPSA) is 72.3 Å². The van der Waals surface area contributed by atoms with Crippen LogP contribution in [0.1, 0.15) is 28.4 Å². The molecule has 0 saturated heterocycles. The number of benzene rings is 2. The zero-order chi connectivity index (χ0) is 15.4. The van der Waals surface area contributed by atoms with Crippen LogP contribution in [0.4, 0.5) is 11.4 Å². The third-order valence-electron chi connectivity index (χ3n) is 3.42. The van der Waals surface area contributed by atoms with Gasteiger partial charge in [-0.05, 0) is 35.7 Å². The smallest absolute Gasteiger partial charge is 0.254 e. The molecule has 0 aliphatic carbocycles. The third-order valence-corrected chi connectivity index (χ3v) is 3.42. The molecule has 0 atom stereocenters. The van der Waals surface area contributed by atoms with Crippen molar-refractivity contribution in [2.45, 2.75) is 19.9 Å². The lowest BCUT2D eigenvalue weighted by atomic mass is 10.1. The highest BCUT2D eigenvalue weighted by Crippen LogP contribution is 2.16. The molecule has 0 unspecified atom stereocenters. The second-order valence-corrected chi connectivity index (χ2v) is 5.22. The Labute approximate surface area is 125 Å². The standard InChI is InChI=1S/C17H21N3O/c1-3-12-4-6-13(7-5-12)11-20(2)17(21)14-8-15(18)10-16(19)9-14/h4-10H,3,11,18-19H2,1-2H3. The molecule has 0 saturated carbocycles. The highest BCUT2D eigenvalue weighted by molar-refractivity contribution is 5.95. The van der Waals surface area contributed by atoms with Crippen LogP contribution in [0.5, 0.6) is 0 Å². The van der Waals surface area contributed by atoms with Gasteiger partial charge >= 0.3 is 0 Å². The fourth-order valence-electron chi connectivity index (χ4n) is 2.25. The summed E-state index contributed by atoms with van der Waals surface area (Å²) in [7, 11) is 1.77. The number of anilines is 2. The van der Waals surface area contributed by atoms with E-state index in [1.807, 2.05) is 0 Å². The van der Waals surface area contributed by atoms with Crippen LogP contribution in [-0.4, -0.2) is 17.9 Å². The van der Waals surface area contributed by atoms with Crippen LogP contribution in [0.25, 0.3) is 0 Å². The van der Waals surface area contributed by atoms with Crippen LogP contribution in [0, 0.1) is 0 Å². The molecule has 0 aromatic heterocycles. The molecule has 0 heterocycles. The zero-order valence-electron chi connectivity index (χ0n) is 12.5. The monoisotopic (exact) mass is 283 g/mol. The van der Waals surface area contributed by atoms with E-state index in [1.54, 1.807) is 30.1 Å². The molecule has 0 fully saturated rings. The Kier molecular flexibility index (Phi) is 4.48. The van der Waals surface area contributed by atoms with Crippen molar-refractivity contribution in [1.82, 2.24) is 4.90 Å². The minimum Gasteiger partial charge on any atom is -0.399 e. The predicted octanol–water partition coefficient (Wildman–Crippen LogP) is 2.69. The number of amides is 1. The minimum atomic E-state index is -0.0893. The maximum atomic E-state index is 12.4. The van der Waals surface area contributed by atoms with Gasteiger partial charge in [0.2, 0.25) is 0 Å². The number of carbonyl (C=O) groups excluding carboxylic acids is 1. The first kappa shape index (κ1) is 14.9. The molecule has 21 heavy (non-hydrogen) atoms. The molecule has 4 N–H and O–H groups in total. The number of carbonyl (C=O) groups is 1. The van der Waals surface area contributed by atoms with E-state index in [-0.39, 0.29) is 5.91 Å². The van der Waals surface area contributed by atoms with Crippen molar-refractivity contribution in [2.24, 2.45) is 0 Å². The number of hydrogen-bond donors (Lipinski definition) is 2. The van der Waals surface area contributed by atoms with E-state index in [9.17, 15) is 4.79 Å². The highest BCUT2D eigenvalue weighted by atomic mass is 16.2. The molecule has 4 nitrogen and oxygen atoms in total. The van der Waals surface area contributed by atoms with Gasteiger partial charge in [0.25, 0.3) is 5.91 Å². The summed E-state index contributed by atoms with van der Waals surface area (Å²) >= 11 is 0. The average molecular weight is 283 g/mol. The Morgan fingerprint density at radius 2 is 1.52 bits per heavy atom. The first-order valence-electron chi connectivity index (χ1n) is 6.99. The predicted molar refractivity (Wildman–Crippen MR) is 86.9 cm³/mol. The third kappa shape index (κ3) is 3.75. The summed E-state index contributed by atoms with van der Waals surface area (Å²) in [6, 6.07) is 13.2. The van der Waals surface area contributed by atoms with Gasteiger partial charge in [-0.3, -0.25) is 4.79 Å². The number of nitrogens with two attached hydrogens (primary N) is 2. The van der Waals surface area contributed by atoms with Crippen LogP contribution in [0.15, 0.2) is 42.5 Å². The maximum Gasteiger partial charge on any atom is 0.254 e. The molecule has 0 radical (unpaired) electrons. The Hall–Kier alpha value is -2.49. The quantitative estimate of drug-likeness (QED) is 0.847. The summed E-state index contributed by atoms with van der Waals surface area (Å²) in [5.41, 5.74) is 15.4. The lowest BCUT2D eigenvalue weighted by Gasteiger charge is -2.18. The Balaban J connectivity index is 2.11. The average Bonchev–Trinajstić information content (AvgIpc) is 2.46. The number of nitrogens with zero attached hydrogens (tertiary/aromatic N) is 1. The van der Waals surface area contributed by atoms with Gasteiger partial charge in [-0.2, -0.15) is 0 Å². The fraction of sp³-hybridized carbons (Fsp3) is 0.235. The normalized spacial score (nSPS) is 10.4. The van der Waals surface area contributed by atoms with Gasteiger partial charge in [-0.1, -0.05) is 31.2 Å². The van der Waals surface area contributed by atoms with Crippen LogP contribution < -0.4 is 11.5 Å². The van der Waals surface area contributed by atoms with Crippen molar-refractivity contribution in [3.63, 3.8) is 0 Å². The number of rotatable bonds is 4.